The van der Waals surface area contributed by atoms with Gasteiger partial charge in [-0.25, -0.2) is 14.0 Å². The van der Waals surface area contributed by atoms with Crippen molar-refractivity contribution in [2.75, 3.05) is 19.1 Å². The van der Waals surface area contributed by atoms with E-state index in [2.05, 4.69) is 0 Å². The van der Waals surface area contributed by atoms with Crippen LogP contribution in [0.1, 0.15) is 40.2 Å². The van der Waals surface area contributed by atoms with Crippen LogP contribution in [0.5, 0.6) is 0 Å². The summed E-state index contributed by atoms with van der Waals surface area (Å²) in [6, 6.07) is 13.7. The quantitative estimate of drug-likeness (QED) is 0.694. The molecule has 1 heterocycles. The molecule has 1 amide bonds. The van der Waals surface area contributed by atoms with Gasteiger partial charge in [0.25, 0.3) is 0 Å². The molecule has 0 saturated carbocycles. The van der Waals surface area contributed by atoms with Gasteiger partial charge in [-0.3, -0.25) is 0 Å². The SMILES string of the molecule is O=C(O)c1ccc(SCF)c(C2CCN(C(=O)OCc3ccccc3)CC2)c1. The van der Waals surface area contributed by atoms with E-state index in [0.717, 1.165) is 27.8 Å². The van der Waals surface area contributed by atoms with Gasteiger partial charge in [0.2, 0.25) is 0 Å². The van der Waals surface area contributed by atoms with Crippen molar-refractivity contribution in [3.8, 4) is 0 Å². The summed E-state index contributed by atoms with van der Waals surface area (Å²) in [7, 11) is 0. The Morgan fingerprint density at radius 3 is 2.50 bits per heavy atom. The molecule has 1 fully saturated rings. The molecule has 0 atom stereocenters. The Labute approximate surface area is 167 Å². The van der Waals surface area contributed by atoms with Crippen molar-refractivity contribution in [1.29, 1.82) is 0 Å². The fourth-order valence-corrected chi connectivity index (χ4v) is 4.05. The number of nitrogens with zero attached hydrogens (tertiary/aromatic N) is 1. The van der Waals surface area contributed by atoms with Crippen LogP contribution in [0.3, 0.4) is 0 Å². The molecular weight excluding hydrogens is 381 g/mol. The highest BCUT2D eigenvalue weighted by Crippen LogP contribution is 2.36. The third-order valence-electron chi connectivity index (χ3n) is 4.86. The highest BCUT2D eigenvalue weighted by molar-refractivity contribution is 7.99. The van der Waals surface area contributed by atoms with Crippen molar-refractivity contribution < 1.29 is 23.8 Å². The molecule has 0 radical (unpaired) electrons. The van der Waals surface area contributed by atoms with Gasteiger partial charge in [0.05, 0.1) is 5.56 Å². The number of thioether (sulfide) groups is 1. The zero-order valence-electron chi connectivity index (χ0n) is 15.3. The van der Waals surface area contributed by atoms with E-state index in [1.165, 1.54) is 6.07 Å². The predicted octanol–water partition coefficient (Wildman–Crippen LogP) is 4.92. The Kier molecular flexibility index (Phi) is 6.92. The van der Waals surface area contributed by atoms with Gasteiger partial charge in [0.15, 0.2) is 0 Å². The van der Waals surface area contributed by atoms with Crippen LogP contribution in [0.2, 0.25) is 0 Å². The largest absolute Gasteiger partial charge is 0.478 e. The maximum absolute atomic E-state index is 12.9. The number of halogens is 1. The van der Waals surface area contributed by atoms with E-state index in [4.69, 9.17) is 4.74 Å². The van der Waals surface area contributed by atoms with E-state index >= 15 is 0 Å². The molecule has 0 spiro atoms. The smallest absolute Gasteiger partial charge is 0.410 e. The number of carboxylic acids is 1. The number of benzene rings is 2. The fraction of sp³-hybridized carbons (Fsp3) is 0.333. The van der Waals surface area contributed by atoms with Gasteiger partial charge in [-0.15, -0.1) is 0 Å². The number of hydrogen-bond acceptors (Lipinski definition) is 4. The van der Waals surface area contributed by atoms with Crippen LogP contribution < -0.4 is 0 Å². The molecule has 5 nitrogen and oxygen atoms in total. The van der Waals surface area contributed by atoms with E-state index in [1.807, 2.05) is 30.3 Å². The number of likely N-dealkylation sites (tertiary alicyclic amines) is 1. The standard InChI is InChI=1S/C21H22FNO4S/c22-14-28-19-7-6-17(20(24)25)12-18(19)16-8-10-23(11-9-16)21(26)27-13-15-4-2-1-3-5-15/h1-7,12,16H,8-11,13-14H2,(H,24,25). The third kappa shape index (κ3) is 5.04. The van der Waals surface area contributed by atoms with Crippen LogP contribution in [0.25, 0.3) is 0 Å². The van der Waals surface area contributed by atoms with Crippen molar-refractivity contribution >= 4 is 23.8 Å². The van der Waals surface area contributed by atoms with Gasteiger partial charge in [0, 0.05) is 18.0 Å². The molecule has 0 unspecified atom stereocenters. The number of alkyl halides is 1. The minimum absolute atomic E-state index is 0.0894. The maximum Gasteiger partial charge on any atom is 0.410 e. The average Bonchev–Trinajstić information content (AvgIpc) is 2.73. The molecule has 1 aliphatic rings. The lowest BCUT2D eigenvalue weighted by Crippen LogP contribution is -2.38. The molecule has 3 rings (SSSR count). The van der Waals surface area contributed by atoms with Gasteiger partial charge < -0.3 is 14.7 Å². The number of carbonyl (C=O) groups is 2. The zero-order valence-corrected chi connectivity index (χ0v) is 16.2. The van der Waals surface area contributed by atoms with Crippen molar-refractivity contribution in [3.05, 3.63) is 65.2 Å². The second kappa shape index (κ2) is 9.59. The number of carboxylic acid groups (broad SMARTS) is 1. The summed E-state index contributed by atoms with van der Waals surface area (Å²) < 4.78 is 18.2. The molecule has 0 aromatic heterocycles. The summed E-state index contributed by atoms with van der Waals surface area (Å²) in [4.78, 5) is 26.0. The van der Waals surface area contributed by atoms with Gasteiger partial charge in [-0.2, -0.15) is 0 Å². The molecule has 1 aliphatic heterocycles. The number of carbonyl (C=O) groups excluding carboxylic acids is 1. The summed E-state index contributed by atoms with van der Waals surface area (Å²) in [6.45, 7) is 1.28. The van der Waals surface area contributed by atoms with Crippen LogP contribution >= 0.6 is 11.8 Å². The Balaban J connectivity index is 1.60. The molecule has 148 valence electrons. The van der Waals surface area contributed by atoms with E-state index < -0.39 is 12.0 Å². The first-order valence-corrected chi connectivity index (χ1v) is 10.1. The fourth-order valence-electron chi connectivity index (χ4n) is 3.37. The first kappa shape index (κ1) is 20.2. The Morgan fingerprint density at radius 1 is 1.14 bits per heavy atom. The number of piperidine rings is 1. The molecule has 1 saturated heterocycles. The summed E-state index contributed by atoms with van der Waals surface area (Å²) >= 11 is 1.06. The Hall–Kier alpha value is -2.54. The van der Waals surface area contributed by atoms with E-state index in [-0.39, 0.29) is 24.2 Å². The first-order chi connectivity index (χ1) is 13.6. The molecule has 1 N–H and O–H groups in total. The molecule has 2 aromatic rings. The van der Waals surface area contributed by atoms with Gasteiger partial charge in [-0.05, 0) is 48.1 Å². The second-order valence-corrected chi connectivity index (χ2v) is 7.56. The van der Waals surface area contributed by atoms with Gasteiger partial charge in [0.1, 0.15) is 12.6 Å². The number of rotatable bonds is 6. The number of aromatic carboxylic acids is 1. The summed E-state index contributed by atoms with van der Waals surface area (Å²) in [5.41, 5.74) is 1.98. The van der Waals surface area contributed by atoms with E-state index in [1.54, 1.807) is 17.0 Å². The third-order valence-corrected chi connectivity index (χ3v) is 5.66. The molecule has 28 heavy (non-hydrogen) atoms. The zero-order chi connectivity index (χ0) is 19.9. The lowest BCUT2D eigenvalue weighted by Gasteiger charge is -2.32. The minimum atomic E-state index is -1.00. The molecular formula is C21H22FNO4S. The van der Waals surface area contributed by atoms with Crippen molar-refractivity contribution in [2.45, 2.75) is 30.3 Å². The van der Waals surface area contributed by atoms with Crippen molar-refractivity contribution in [1.82, 2.24) is 4.90 Å². The van der Waals surface area contributed by atoms with Crippen LogP contribution in [0, 0.1) is 0 Å². The lowest BCUT2D eigenvalue weighted by atomic mass is 9.88. The van der Waals surface area contributed by atoms with Crippen LogP contribution in [-0.2, 0) is 11.3 Å². The first-order valence-electron chi connectivity index (χ1n) is 9.10. The van der Waals surface area contributed by atoms with E-state index in [0.29, 0.717) is 25.9 Å². The predicted molar refractivity (Wildman–Crippen MR) is 105 cm³/mol. The van der Waals surface area contributed by atoms with Gasteiger partial charge in [-0.1, -0.05) is 42.1 Å². The normalized spacial score (nSPS) is 14.7. The molecule has 0 aliphatic carbocycles. The van der Waals surface area contributed by atoms with Crippen LogP contribution in [0.15, 0.2) is 53.4 Å². The maximum atomic E-state index is 12.9. The lowest BCUT2D eigenvalue weighted by molar-refractivity contribution is 0.0696. The summed E-state index contributed by atoms with van der Waals surface area (Å²) in [5.74, 6) is -0.911. The summed E-state index contributed by atoms with van der Waals surface area (Å²) in [6.07, 6.45) is 1.02. The van der Waals surface area contributed by atoms with Crippen molar-refractivity contribution in [3.63, 3.8) is 0 Å². The highest BCUT2D eigenvalue weighted by Gasteiger charge is 2.27. The highest BCUT2D eigenvalue weighted by atomic mass is 32.2. The molecule has 7 heteroatoms. The summed E-state index contributed by atoms with van der Waals surface area (Å²) in [5, 5.41) is 9.25. The van der Waals surface area contributed by atoms with Crippen molar-refractivity contribution in [2.24, 2.45) is 0 Å². The molecule has 2 aromatic carbocycles. The Bertz CT molecular complexity index is 822. The Morgan fingerprint density at radius 2 is 1.86 bits per heavy atom. The number of amides is 1. The van der Waals surface area contributed by atoms with E-state index in [9.17, 15) is 19.1 Å². The van der Waals surface area contributed by atoms with Crippen LogP contribution in [0.4, 0.5) is 9.18 Å². The average molecular weight is 403 g/mol. The number of ether oxygens (including phenoxy) is 1. The number of hydrogen-bond donors (Lipinski definition) is 1. The second-order valence-electron chi connectivity index (χ2n) is 6.61. The van der Waals surface area contributed by atoms with Crippen LogP contribution in [-0.4, -0.2) is 41.2 Å². The topological polar surface area (TPSA) is 66.8 Å². The minimum Gasteiger partial charge on any atom is -0.478 e. The van der Waals surface area contributed by atoms with Gasteiger partial charge >= 0.3 is 12.1 Å². The monoisotopic (exact) mass is 403 g/mol. The molecule has 0 bridgehead atoms.